The monoisotopic (exact) mass is 240 g/mol. The average Bonchev–Trinajstić information content (AvgIpc) is 2.16. The van der Waals surface area contributed by atoms with Crippen LogP contribution in [0.25, 0.3) is 0 Å². The van der Waals surface area contributed by atoms with Crippen LogP contribution in [0.5, 0.6) is 5.75 Å². The van der Waals surface area contributed by atoms with Crippen LogP contribution in [-0.2, 0) is 0 Å². The van der Waals surface area contributed by atoms with Crippen molar-refractivity contribution in [1.29, 1.82) is 0 Å². The fourth-order valence-corrected chi connectivity index (χ4v) is 1.24. The smallest absolute Gasteiger partial charge is 0.135 e. The van der Waals surface area contributed by atoms with Crippen molar-refractivity contribution in [2.75, 3.05) is 13.7 Å². The Labute approximate surface area is 85.7 Å². The summed E-state index contributed by atoms with van der Waals surface area (Å²) in [5.41, 5.74) is 0.778. The lowest BCUT2D eigenvalue weighted by Crippen LogP contribution is -1.87. The maximum Gasteiger partial charge on any atom is 0.135 e. The van der Waals surface area contributed by atoms with Crippen LogP contribution < -0.4 is 4.74 Å². The Morgan fingerprint density at radius 3 is 2.92 bits per heavy atom. The minimum absolute atomic E-state index is 0.140. The lowest BCUT2D eigenvalue weighted by Gasteiger charge is -2.02. The second-order valence-corrected chi connectivity index (χ2v) is 3.22. The van der Waals surface area contributed by atoms with Crippen molar-refractivity contribution in [1.82, 2.24) is 0 Å². The molecular formula is C10H9BrO2. The van der Waals surface area contributed by atoms with Gasteiger partial charge in [0.15, 0.2) is 0 Å². The fraction of sp³-hybridized carbons (Fsp3) is 0.200. The average molecular weight is 241 g/mol. The molecule has 0 spiro atoms. The van der Waals surface area contributed by atoms with Gasteiger partial charge < -0.3 is 9.84 Å². The summed E-state index contributed by atoms with van der Waals surface area (Å²) in [5, 5.41) is 8.52. The summed E-state index contributed by atoms with van der Waals surface area (Å²) in [6, 6.07) is 5.55. The zero-order valence-electron chi connectivity index (χ0n) is 7.17. The van der Waals surface area contributed by atoms with E-state index in [4.69, 9.17) is 9.84 Å². The predicted octanol–water partition coefficient (Wildman–Crippen LogP) is 1.80. The van der Waals surface area contributed by atoms with Gasteiger partial charge in [0, 0.05) is 4.47 Å². The molecule has 13 heavy (non-hydrogen) atoms. The van der Waals surface area contributed by atoms with Crippen molar-refractivity contribution >= 4 is 15.9 Å². The van der Waals surface area contributed by atoms with Crippen molar-refractivity contribution in [2.45, 2.75) is 0 Å². The molecule has 0 unspecified atom stereocenters. The molecular weight excluding hydrogens is 232 g/mol. The molecule has 0 fully saturated rings. The maximum absolute atomic E-state index is 8.52. The molecule has 0 aliphatic heterocycles. The third-order valence-corrected chi connectivity index (χ3v) is 1.96. The second kappa shape index (κ2) is 4.90. The number of hydrogen-bond acceptors (Lipinski definition) is 2. The van der Waals surface area contributed by atoms with E-state index in [-0.39, 0.29) is 6.61 Å². The minimum atomic E-state index is -0.140. The van der Waals surface area contributed by atoms with E-state index in [2.05, 4.69) is 27.8 Å². The topological polar surface area (TPSA) is 29.5 Å². The summed E-state index contributed by atoms with van der Waals surface area (Å²) in [6.07, 6.45) is 0. The Morgan fingerprint density at radius 1 is 1.54 bits per heavy atom. The van der Waals surface area contributed by atoms with Crippen LogP contribution >= 0.6 is 15.9 Å². The molecule has 1 aromatic carbocycles. The van der Waals surface area contributed by atoms with E-state index in [1.807, 2.05) is 18.2 Å². The first-order valence-corrected chi connectivity index (χ1v) is 4.50. The second-order valence-electron chi connectivity index (χ2n) is 2.30. The number of aliphatic hydroxyl groups excluding tert-OH is 1. The number of hydrogen-bond donors (Lipinski definition) is 1. The van der Waals surface area contributed by atoms with Crippen molar-refractivity contribution in [2.24, 2.45) is 0 Å². The van der Waals surface area contributed by atoms with Crippen LogP contribution in [-0.4, -0.2) is 18.8 Å². The van der Waals surface area contributed by atoms with Crippen LogP contribution in [0.15, 0.2) is 22.7 Å². The highest BCUT2D eigenvalue weighted by Crippen LogP contribution is 2.22. The minimum Gasteiger partial charge on any atom is -0.495 e. The number of methoxy groups -OCH3 is 1. The fourth-order valence-electron chi connectivity index (χ4n) is 0.903. The Balaban J connectivity index is 3.06. The molecule has 0 saturated heterocycles. The van der Waals surface area contributed by atoms with E-state index < -0.39 is 0 Å². The van der Waals surface area contributed by atoms with Gasteiger partial charge in [0.25, 0.3) is 0 Å². The van der Waals surface area contributed by atoms with Gasteiger partial charge in [-0.15, -0.1) is 0 Å². The molecule has 0 saturated carbocycles. The van der Waals surface area contributed by atoms with E-state index >= 15 is 0 Å². The van der Waals surface area contributed by atoms with Crippen molar-refractivity contribution < 1.29 is 9.84 Å². The quantitative estimate of drug-likeness (QED) is 0.759. The molecule has 0 radical (unpaired) electrons. The normalized spacial score (nSPS) is 8.85. The summed E-state index contributed by atoms with van der Waals surface area (Å²) in [6.45, 7) is -0.140. The molecule has 0 atom stereocenters. The van der Waals surface area contributed by atoms with Gasteiger partial charge in [0.1, 0.15) is 12.4 Å². The van der Waals surface area contributed by atoms with Crippen LogP contribution in [0, 0.1) is 11.8 Å². The summed E-state index contributed by atoms with van der Waals surface area (Å²) in [5.74, 6) is 6.07. The third kappa shape index (κ3) is 2.76. The Kier molecular flexibility index (Phi) is 3.81. The highest BCUT2D eigenvalue weighted by Gasteiger charge is 1.99. The zero-order chi connectivity index (χ0) is 9.68. The van der Waals surface area contributed by atoms with Crippen molar-refractivity contribution in [3.05, 3.63) is 28.2 Å². The molecule has 0 aliphatic carbocycles. The van der Waals surface area contributed by atoms with E-state index in [0.29, 0.717) is 5.75 Å². The Morgan fingerprint density at radius 2 is 2.31 bits per heavy atom. The lowest BCUT2D eigenvalue weighted by molar-refractivity contribution is 0.350. The van der Waals surface area contributed by atoms with Crippen LogP contribution in [0.3, 0.4) is 0 Å². The van der Waals surface area contributed by atoms with Gasteiger partial charge in [-0.2, -0.15) is 0 Å². The maximum atomic E-state index is 8.52. The zero-order valence-corrected chi connectivity index (χ0v) is 8.76. The number of rotatable bonds is 1. The van der Waals surface area contributed by atoms with Gasteiger partial charge in [0.2, 0.25) is 0 Å². The van der Waals surface area contributed by atoms with Gasteiger partial charge in [-0.25, -0.2) is 0 Å². The third-order valence-electron chi connectivity index (χ3n) is 1.47. The predicted molar refractivity (Wildman–Crippen MR) is 54.7 cm³/mol. The molecule has 0 aliphatic rings. The molecule has 68 valence electrons. The molecule has 1 aromatic rings. The van der Waals surface area contributed by atoms with Crippen LogP contribution in [0.4, 0.5) is 0 Å². The Hall–Kier alpha value is -0.980. The molecule has 0 aromatic heterocycles. The molecule has 0 heterocycles. The summed E-state index contributed by atoms with van der Waals surface area (Å²) in [7, 11) is 1.59. The molecule has 3 heteroatoms. The van der Waals surface area contributed by atoms with E-state index in [9.17, 15) is 0 Å². The van der Waals surface area contributed by atoms with Crippen molar-refractivity contribution in [3.8, 4) is 17.6 Å². The molecule has 0 amide bonds. The SMILES string of the molecule is COc1cc(Br)ccc1C#CCO. The number of ether oxygens (including phenoxy) is 1. The van der Waals surface area contributed by atoms with E-state index in [1.165, 1.54) is 0 Å². The standard InChI is InChI=1S/C10H9BrO2/c1-13-10-7-9(11)5-4-8(10)3-2-6-12/h4-5,7,12H,6H2,1H3. The molecule has 1 rings (SSSR count). The summed E-state index contributed by atoms with van der Waals surface area (Å²) in [4.78, 5) is 0. The molecule has 2 nitrogen and oxygen atoms in total. The highest BCUT2D eigenvalue weighted by molar-refractivity contribution is 9.10. The Bertz CT molecular complexity index is 350. The van der Waals surface area contributed by atoms with Gasteiger partial charge in [0.05, 0.1) is 12.7 Å². The van der Waals surface area contributed by atoms with Gasteiger partial charge in [-0.1, -0.05) is 27.8 Å². The lowest BCUT2D eigenvalue weighted by atomic mass is 10.2. The molecule has 1 N–H and O–H groups in total. The van der Waals surface area contributed by atoms with Gasteiger partial charge in [-0.3, -0.25) is 0 Å². The first-order valence-electron chi connectivity index (χ1n) is 3.71. The largest absolute Gasteiger partial charge is 0.495 e. The van der Waals surface area contributed by atoms with Crippen molar-refractivity contribution in [3.63, 3.8) is 0 Å². The number of benzene rings is 1. The van der Waals surface area contributed by atoms with Gasteiger partial charge >= 0.3 is 0 Å². The van der Waals surface area contributed by atoms with E-state index in [1.54, 1.807) is 7.11 Å². The summed E-state index contributed by atoms with van der Waals surface area (Å²) < 4.78 is 6.05. The first kappa shape index (κ1) is 10.1. The van der Waals surface area contributed by atoms with Crippen LogP contribution in [0.1, 0.15) is 5.56 Å². The molecule has 0 bridgehead atoms. The van der Waals surface area contributed by atoms with Gasteiger partial charge in [-0.05, 0) is 18.2 Å². The van der Waals surface area contributed by atoms with E-state index in [0.717, 1.165) is 10.0 Å². The summed E-state index contributed by atoms with van der Waals surface area (Å²) >= 11 is 3.33. The van der Waals surface area contributed by atoms with Crippen LogP contribution in [0.2, 0.25) is 0 Å². The highest BCUT2D eigenvalue weighted by atomic mass is 79.9. The first-order chi connectivity index (χ1) is 6.27. The number of halogens is 1. The number of aliphatic hydroxyl groups is 1.